The Kier molecular flexibility index (Phi) is 11.0. The second kappa shape index (κ2) is 15.4. The van der Waals surface area contributed by atoms with Gasteiger partial charge in [-0.25, -0.2) is 13.6 Å². The Morgan fingerprint density at radius 2 is 1.58 bits per heavy atom. The summed E-state index contributed by atoms with van der Waals surface area (Å²) < 4.78 is 29.2. The minimum Gasteiger partial charge on any atom is -0.465 e. The Morgan fingerprint density at radius 1 is 0.917 bits per heavy atom. The molecule has 2 fully saturated rings. The van der Waals surface area contributed by atoms with Crippen LogP contribution in [0.2, 0.25) is 0 Å². The van der Waals surface area contributed by atoms with Gasteiger partial charge in [0.1, 0.15) is 17.8 Å². The zero-order valence-electron chi connectivity index (χ0n) is 26.8. The van der Waals surface area contributed by atoms with Gasteiger partial charge in [-0.1, -0.05) is 42.5 Å². The summed E-state index contributed by atoms with van der Waals surface area (Å²) in [5, 5.41) is 21.3. The summed E-state index contributed by atoms with van der Waals surface area (Å²) >= 11 is 0. The molecule has 4 amide bonds. The van der Waals surface area contributed by atoms with Crippen LogP contribution < -0.4 is 16.0 Å². The van der Waals surface area contributed by atoms with Gasteiger partial charge in [0, 0.05) is 70.9 Å². The molecule has 0 spiro atoms. The van der Waals surface area contributed by atoms with Gasteiger partial charge in [0.15, 0.2) is 0 Å². The fraction of sp³-hybridized carbons (Fsp3) is 0.441. The van der Waals surface area contributed by atoms with Gasteiger partial charge in [0.05, 0.1) is 0 Å². The largest absolute Gasteiger partial charge is 0.465 e. The van der Waals surface area contributed by atoms with Crippen LogP contribution in [0.5, 0.6) is 0 Å². The molecule has 0 radical (unpaired) electrons. The smallest absolute Gasteiger partial charge is 0.405 e. The van der Waals surface area contributed by atoms with Crippen molar-refractivity contribution in [3.8, 4) is 0 Å². The normalized spacial score (nSPS) is 18.0. The molecule has 2 heterocycles. The van der Waals surface area contributed by atoms with Gasteiger partial charge in [-0.3, -0.25) is 24.0 Å². The van der Waals surface area contributed by atoms with Crippen molar-refractivity contribution in [1.82, 2.24) is 30.2 Å². The summed E-state index contributed by atoms with van der Waals surface area (Å²) in [5.41, 5.74) is 2.48. The number of nitrogens with one attached hydrogen (secondary N) is 3. The highest BCUT2D eigenvalue weighted by Crippen LogP contribution is 2.37. The Balaban J connectivity index is 1.20. The molecule has 48 heavy (non-hydrogen) atoms. The topological polar surface area (TPSA) is 149 Å². The van der Waals surface area contributed by atoms with Crippen LogP contribution in [-0.2, 0) is 29.6 Å². The molecular formula is C34H41F2N7O5. The van der Waals surface area contributed by atoms with Gasteiger partial charge in [0.25, 0.3) is 5.91 Å². The van der Waals surface area contributed by atoms with Gasteiger partial charge in [-0.05, 0) is 48.1 Å². The molecule has 0 unspecified atom stereocenters. The number of anilines is 1. The highest BCUT2D eigenvalue weighted by atomic mass is 19.3. The average molecular weight is 666 g/mol. The zero-order valence-corrected chi connectivity index (χ0v) is 26.8. The standard InChI is InChI=1S/C34H41F2N7O5/c1-41-28(13-16-37-41)30(44)40-29(25-11-14-34(35,36)15-12-25)31(45)38-26-9-7-23(8-10-26)21-27(39-33(47)48)32(46)43-19-17-42(18-20-43)22-24-5-3-2-4-6-24/h2-10,13,16,25,27,29,39H,11-12,14-15,17-22H2,1H3,(H,38,45)(H,40,44)(H,47,48)/t27-,29+/m1/s1. The maximum atomic E-state index is 13.9. The molecule has 3 aromatic rings. The molecule has 2 aliphatic rings. The van der Waals surface area contributed by atoms with Crippen molar-refractivity contribution < 1.29 is 33.1 Å². The van der Waals surface area contributed by atoms with Crippen LogP contribution in [0, 0.1) is 5.92 Å². The molecule has 4 N–H and O–H groups in total. The predicted octanol–water partition coefficient (Wildman–Crippen LogP) is 3.51. The van der Waals surface area contributed by atoms with Crippen LogP contribution in [0.4, 0.5) is 19.3 Å². The van der Waals surface area contributed by atoms with E-state index in [1.54, 1.807) is 36.2 Å². The van der Waals surface area contributed by atoms with Gasteiger partial charge in [-0.2, -0.15) is 5.10 Å². The molecule has 2 aromatic carbocycles. The fourth-order valence-electron chi connectivity index (χ4n) is 6.32. The maximum absolute atomic E-state index is 13.9. The Labute approximate surface area is 277 Å². The molecule has 1 saturated heterocycles. The van der Waals surface area contributed by atoms with Gasteiger partial charge < -0.3 is 26.0 Å². The number of hydrogen-bond donors (Lipinski definition) is 4. The van der Waals surface area contributed by atoms with Crippen molar-refractivity contribution in [3.63, 3.8) is 0 Å². The fourth-order valence-corrected chi connectivity index (χ4v) is 6.32. The van der Waals surface area contributed by atoms with Gasteiger partial charge in [-0.15, -0.1) is 0 Å². The monoisotopic (exact) mass is 665 g/mol. The number of nitrogens with zero attached hydrogens (tertiary/aromatic N) is 4. The molecule has 1 aliphatic heterocycles. The molecule has 1 aliphatic carbocycles. The second-order valence-corrected chi connectivity index (χ2v) is 12.5. The van der Waals surface area contributed by atoms with Crippen LogP contribution in [0.3, 0.4) is 0 Å². The number of carbonyl (C=O) groups excluding carboxylic acids is 3. The number of hydrogen-bond acceptors (Lipinski definition) is 6. The average Bonchev–Trinajstić information content (AvgIpc) is 3.50. The number of halogens is 2. The molecule has 0 bridgehead atoms. The lowest BCUT2D eigenvalue weighted by Gasteiger charge is -2.36. The first-order chi connectivity index (χ1) is 23.0. The molecule has 12 nitrogen and oxygen atoms in total. The zero-order chi connectivity index (χ0) is 34.3. The summed E-state index contributed by atoms with van der Waals surface area (Å²) in [6.07, 6.45) is -0.350. The number of carbonyl (C=O) groups is 4. The van der Waals surface area contributed by atoms with Crippen LogP contribution in [0.1, 0.15) is 47.3 Å². The number of piperazine rings is 1. The van der Waals surface area contributed by atoms with E-state index in [9.17, 15) is 33.1 Å². The minimum atomic E-state index is -2.80. The van der Waals surface area contributed by atoms with E-state index in [-0.39, 0.29) is 43.7 Å². The van der Waals surface area contributed by atoms with E-state index < -0.39 is 41.8 Å². The van der Waals surface area contributed by atoms with Crippen LogP contribution in [0.15, 0.2) is 66.9 Å². The van der Waals surface area contributed by atoms with Crippen LogP contribution >= 0.6 is 0 Å². The van der Waals surface area contributed by atoms with Crippen molar-refractivity contribution in [1.29, 1.82) is 0 Å². The molecule has 14 heteroatoms. The van der Waals surface area contributed by atoms with Crippen molar-refractivity contribution >= 4 is 29.5 Å². The summed E-state index contributed by atoms with van der Waals surface area (Å²) in [5.74, 6) is -4.68. The van der Waals surface area contributed by atoms with Crippen molar-refractivity contribution in [2.24, 2.45) is 13.0 Å². The molecule has 1 saturated carbocycles. The molecule has 1 aromatic heterocycles. The van der Waals surface area contributed by atoms with Crippen LogP contribution in [-0.4, -0.2) is 92.7 Å². The quantitative estimate of drug-likeness (QED) is 0.245. The molecule has 2 atom stereocenters. The van der Waals surface area contributed by atoms with E-state index in [0.717, 1.165) is 6.54 Å². The minimum absolute atomic E-state index is 0.0732. The lowest BCUT2D eigenvalue weighted by atomic mass is 9.81. The summed E-state index contributed by atoms with van der Waals surface area (Å²) in [4.78, 5) is 55.4. The maximum Gasteiger partial charge on any atom is 0.405 e. The Bertz CT molecular complexity index is 1570. The van der Waals surface area contributed by atoms with Crippen molar-refractivity contribution in [3.05, 3.63) is 83.7 Å². The molecule has 256 valence electrons. The second-order valence-electron chi connectivity index (χ2n) is 12.5. The van der Waals surface area contributed by atoms with Crippen molar-refractivity contribution in [2.75, 3.05) is 31.5 Å². The van der Waals surface area contributed by atoms with E-state index in [4.69, 9.17) is 0 Å². The highest BCUT2D eigenvalue weighted by Gasteiger charge is 2.40. The molecule has 5 rings (SSSR count). The lowest BCUT2D eigenvalue weighted by Crippen LogP contribution is -2.55. The first-order valence-electron chi connectivity index (χ1n) is 16.1. The number of aryl methyl sites for hydroxylation is 1. The van der Waals surface area contributed by atoms with E-state index in [2.05, 4.69) is 38.1 Å². The highest BCUT2D eigenvalue weighted by molar-refractivity contribution is 6.00. The SMILES string of the molecule is Cn1nccc1C(=O)N[C@H](C(=O)Nc1ccc(C[C@@H](NC(=O)O)C(=O)N2CCN(Cc3ccccc3)CC2)cc1)C1CCC(F)(F)CC1. The molecular weight excluding hydrogens is 624 g/mol. The third kappa shape index (κ3) is 9.15. The Morgan fingerprint density at radius 3 is 2.19 bits per heavy atom. The van der Waals surface area contributed by atoms with Crippen molar-refractivity contribution in [2.45, 2.75) is 56.7 Å². The number of amides is 4. The third-order valence-electron chi connectivity index (χ3n) is 9.05. The van der Waals surface area contributed by atoms with E-state index in [0.29, 0.717) is 37.4 Å². The Hall–Kier alpha value is -4.85. The van der Waals surface area contributed by atoms with E-state index in [1.807, 2.05) is 18.2 Å². The van der Waals surface area contributed by atoms with Crippen LogP contribution in [0.25, 0.3) is 0 Å². The number of alkyl halides is 2. The number of aromatic nitrogens is 2. The van der Waals surface area contributed by atoms with Gasteiger partial charge in [0.2, 0.25) is 17.7 Å². The summed E-state index contributed by atoms with van der Waals surface area (Å²) in [6, 6.07) is 16.1. The summed E-state index contributed by atoms with van der Waals surface area (Å²) in [7, 11) is 1.59. The lowest BCUT2D eigenvalue weighted by molar-refractivity contribution is -0.135. The number of benzene rings is 2. The number of rotatable bonds is 11. The predicted molar refractivity (Wildman–Crippen MR) is 173 cm³/mol. The van der Waals surface area contributed by atoms with E-state index in [1.165, 1.54) is 22.5 Å². The third-order valence-corrected chi connectivity index (χ3v) is 9.05. The van der Waals surface area contributed by atoms with Gasteiger partial charge >= 0.3 is 6.09 Å². The van der Waals surface area contributed by atoms with E-state index >= 15 is 0 Å². The number of carboxylic acid groups (broad SMARTS) is 1. The summed E-state index contributed by atoms with van der Waals surface area (Å²) in [6.45, 7) is 3.07. The first kappa shape index (κ1) is 34.5. The first-order valence-corrected chi connectivity index (χ1v) is 16.1.